The van der Waals surface area contributed by atoms with Crippen molar-refractivity contribution in [3.8, 4) is 5.75 Å². The molecule has 2 aromatic rings. The van der Waals surface area contributed by atoms with Crippen LogP contribution >= 0.6 is 0 Å². The molecule has 2 aromatic carbocycles. The van der Waals surface area contributed by atoms with Gasteiger partial charge in [-0.1, -0.05) is 23.8 Å². The van der Waals surface area contributed by atoms with Crippen LogP contribution in [0.25, 0.3) is 5.57 Å². The molecule has 0 atom stereocenters. The van der Waals surface area contributed by atoms with E-state index in [0.29, 0.717) is 35.6 Å². The number of rotatable bonds is 3. The molecule has 154 valence electrons. The summed E-state index contributed by atoms with van der Waals surface area (Å²) in [6.45, 7) is 1.91. The van der Waals surface area contributed by atoms with Crippen LogP contribution in [0.15, 0.2) is 65.0 Å². The first-order valence-electron chi connectivity index (χ1n) is 9.77. The molecule has 0 amide bonds. The molecule has 0 N–H and O–H groups in total. The van der Waals surface area contributed by atoms with Crippen LogP contribution in [0.1, 0.15) is 53.2 Å². The number of fused-ring (bicyclic) bond motifs is 1. The van der Waals surface area contributed by atoms with Gasteiger partial charge in [0.15, 0.2) is 5.78 Å². The zero-order valence-corrected chi connectivity index (χ0v) is 16.4. The Morgan fingerprint density at radius 2 is 1.80 bits per heavy atom. The molecule has 30 heavy (non-hydrogen) atoms. The van der Waals surface area contributed by atoms with Gasteiger partial charge in [0.25, 0.3) is 0 Å². The van der Waals surface area contributed by atoms with Crippen LogP contribution in [-0.2, 0) is 12.6 Å². The van der Waals surface area contributed by atoms with Crippen molar-refractivity contribution in [2.75, 3.05) is 0 Å². The van der Waals surface area contributed by atoms with E-state index in [9.17, 15) is 18.0 Å². The minimum atomic E-state index is -4.37. The van der Waals surface area contributed by atoms with Crippen LogP contribution < -0.4 is 4.74 Å². The number of hydrogen-bond donors (Lipinski definition) is 0. The molecule has 4 rings (SSSR count). The third kappa shape index (κ3) is 4.22. The number of carbonyl (C=O) groups is 1. The molecule has 0 radical (unpaired) electrons. The van der Waals surface area contributed by atoms with Gasteiger partial charge in [0.2, 0.25) is 5.88 Å². The highest BCUT2D eigenvalue weighted by Gasteiger charge is 2.30. The maximum atomic E-state index is 12.9. The van der Waals surface area contributed by atoms with Crippen molar-refractivity contribution >= 4 is 17.6 Å². The van der Waals surface area contributed by atoms with E-state index in [2.05, 4.69) is 4.99 Å². The van der Waals surface area contributed by atoms with E-state index in [-0.39, 0.29) is 5.78 Å². The molecular weight excluding hydrogens is 391 g/mol. The Bertz CT molecular complexity index is 1080. The Morgan fingerprint density at radius 1 is 1.03 bits per heavy atom. The number of aryl methyl sites for hydroxylation is 1. The molecule has 0 unspecified atom stereocenters. The highest BCUT2D eigenvalue weighted by Crippen LogP contribution is 2.33. The number of nitrogens with zero attached hydrogens (tertiary/aromatic N) is 1. The third-order valence-corrected chi connectivity index (χ3v) is 5.32. The van der Waals surface area contributed by atoms with Gasteiger partial charge >= 0.3 is 6.18 Å². The number of ketones is 1. The Balaban J connectivity index is 1.63. The van der Waals surface area contributed by atoms with Gasteiger partial charge in [-0.3, -0.25) is 4.79 Å². The lowest BCUT2D eigenvalue weighted by Crippen LogP contribution is -2.10. The van der Waals surface area contributed by atoms with Crippen LogP contribution in [0.2, 0.25) is 0 Å². The van der Waals surface area contributed by atoms with E-state index in [0.717, 1.165) is 41.7 Å². The number of hydrogen-bond acceptors (Lipinski definition) is 3. The molecule has 1 heterocycles. The number of benzene rings is 2. The van der Waals surface area contributed by atoms with Crippen molar-refractivity contribution in [1.29, 1.82) is 0 Å². The van der Waals surface area contributed by atoms with Gasteiger partial charge in [-0.25, -0.2) is 4.99 Å². The Morgan fingerprint density at radius 3 is 2.53 bits per heavy atom. The molecule has 0 bridgehead atoms. The average Bonchev–Trinajstić information content (AvgIpc) is 2.89. The predicted octanol–water partition coefficient (Wildman–Crippen LogP) is 6.39. The maximum Gasteiger partial charge on any atom is 0.416 e. The average molecular weight is 411 g/mol. The summed E-state index contributed by atoms with van der Waals surface area (Å²) in [4.78, 5) is 16.5. The number of Topliss-reactive ketones (excluding diaryl/α,β-unsaturated/α-hetero) is 1. The van der Waals surface area contributed by atoms with E-state index < -0.39 is 11.7 Å². The summed E-state index contributed by atoms with van der Waals surface area (Å²) in [5.41, 5.74) is 3.43. The summed E-state index contributed by atoms with van der Waals surface area (Å²) in [7, 11) is 0. The predicted molar refractivity (Wildman–Crippen MR) is 110 cm³/mol. The zero-order chi connectivity index (χ0) is 21.3. The minimum absolute atomic E-state index is 0.112. The van der Waals surface area contributed by atoms with Crippen LogP contribution in [0.5, 0.6) is 5.75 Å². The summed E-state index contributed by atoms with van der Waals surface area (Å²) in [6, 6.07) is 10.5. The lowest BCUT2D eigenvalue weighted by atomic mass is 9.90. The SMILES string of the molecule is CC1=C(c2ccc(C(F)(F)F)cc2)C=C(Oc2ccc3c(c2)C(=O)CCC3)N=CC1. The van der Waals surface area contributed by atoms with Crippen molar-refractivity contribution in [3.05, 3.63) is 82.3 Å². The fourth-order valence-corrected chi connectivity index (χ4v) is 3.68. The summed E-state index contributed by atoms with van der Waals surface area (Å²) < 4.78 is 44.5. The highest BCUT2D eigenvalue weighted by atomic mass is 19.4. The maximum absolute atomic E-state index is 12.9. The van der Waals surface area contributed by atoms with Gasteiger partial charge in [-0.05, 0) is 60.7 Å². The smallest absolute Gasteiger partial charge is 0.416 e. The summed E-state index contributed by atoms with van der Waals surface area (Å²) in [5, 5.41) is 0. The largest absolute Gasteiger partial charge is 0.439 e. The Hall–Kier alpha value is -3.15. The van der Waals surface area contributed by atoms with Crippen LogP contribution in [0.4, 0.5) is 13.2 Å². The van der Waals surface area contributed by atoms with Crippen molar-refractivity contribution in [2.45, 2.75) is 38.8 Å². The molecule has 0 saturated carbocycles. The Kier molecular flexibility index (Phi) is 5.33. The first-order chi connectivity index (χ1) is 14.3. The van der Waals surface area contributed by atoms with E-state index in [1.807, 2.05) is 19.1 Å². The second-order valence-electron chi connectivity index (χ2n) is 7.47. The highest BCUT2D eigenvalue weighted by molar-refractivity contribution is 5.98. The normalized spacial score (nSPS) is 16.8. The molecule has 0 saturated heterocycles. The topological polar surface area (TPSA) is 38.7 Å². The zero-order valence-electron chi connectivity index (χ0n) is 16.4. The molecule has 1 aliphatic heterocycles. The van der Waals surface area contributed by atoms with Crippen LogP contribution in [-0.4, -0.2) is 12.0 Å². The first-order valence-corrected chi connectivity index (χ1v) is 9.77. The lowest BCUT2D eigenvalue weighted by molar-refractivity contribution is -0.137. The second-order valence-corrected chi connectivity index (χ2v) is 7.47. The van der Waals surface area contributed by atoms with Crippen LogP contribution in [0.3, 0.4) is 0 Å². The molecule has 0 spiro atoms. The summed E-state index contributed by atoms with van der Waals surface area (Å²) in [6.07, 6.45) is 1.90. The minimum Gasteiger partial charge on any atom is -0.439 e. The van der Waals surface area contributed by atoms with Gasteiger partial charge in [0.1, 0.15) is 5.75 Å². The monoisotopic (exact) mass is 411 g/mol. The van der Waals surface area contributed by atoms with Crippen LogP contribution in [0, 0.1) is 0 Å². The van der Waals surface area contributed by atoms with Gasteiger partial charge in [-0.2, -0.15) is 13.2 Å². The summed E-state index contributed by atoms with van der Waals surface area (Å²) >= 11 is 0. The van der Waals surface area contributed by atoms with E-state index in [1.165, 1.54) is 12.1 Å². The van der Waals surface area contributed by atoms with Crippen molar-refractivity contribution in [1.82, 2.24) is 0 Å². The fraction of sp³-hybridized carbons (Fsp3) is 0.250. The van der Waals surface area contributed by atoms with Crippen molar-refractivity contribution in [2.24, 2.45) is 4.99 Å². The fourth-order valence-electron chi connectivity index (χ4n) is 3.68. The molecule has 0 aromatic heterocycles. The Labute approximate surface area is 172 Å². The van der Waals surface area contributed by atoms with E-state index in [4.69, 9.17) is 4.74 Å². The number of aliphatic imine (C=N–C) groups is 1. The molecule has 1 aliphatic carbocycles. The second kappa shape index (κ2) is 7.94. The van der Waals surface area contributed by atoms with E-state index >= 15 is 0 Å². The van der Waals surface area contributed by atoms with Gasteiger partial charge in [0, 0.05) is 30.7 Å². The van der Waals surface area contributed by atoms with Gasteiger partial charge in [-0.15, -0.1) is 0 Å². The molecule has 2 aliphatic rings. The standard InChI is InChI=1S/C24H20F3NO2/c1-15-11-12-28-23(14-20(15)17-5-8-18(9-6-17)24(25,26)27)30-19-10-7-16-3-2-4-22(29)21(16)13-19/h5-10,12-14H,2-4,11H2,1H3. The number of alkyl halides is 3. The lowest BCUT2D eigenvalue weighted by Gasteiger charge is -2.16. The number of carbonyl (C=O) groups excluding carboxylic acids is 1. The van der Waals surface area contributed by atoms with Crippen molar-refractivity contribution < 1.29 is 22.7 Å². The third-order valence-electron chi connectivity index (χ3n) is 5.32. The number of allylic oxidation sites excluding steroid dienone is 3. The van der Waals surface area contributed by atoms with Crippen molar-refractivity contribution in [3.63, 3.8) is 0 Å². The van der Waals surface area contributed by atoms with E-state index in [1.54, 1.807) is 18.4 Å². The molecule has 6 heteroatoms. The first kappa shape index (κ1) is 20.1. The van der Waals surface area contributed by atoms with Gasteiger partial charge in [0.05, 0.1) is 5.56 Å². The quantitative estimate of drug-likeness (QED) is 0.587. The number of ether oxygens (including phenoxy) is 1. The van der Waals surface area contributed by atoms with Gasteiger partial charge < -0.3 is 4.74 Å². The number of halogens is 3. The molecular formula is C24H20F3NO2. The molecule has 0 fully saturated rings. The molecule has 3 nitrogen and oxygen atoms in total. The summed E-state index contributed by atoms with van der Waals surface area (Å²) in [5.74, 6) is 0.949.